The van der Waals surface area contributed by atoms with Gasteiger partial charge in [0.25, 0.3) is 0 Å². The van der Waals surface area contributed by atoms with E-state index in [0.29, 0.717) is 5.56 Å². The van der Waals surface area contributed by atoms with E-state index in [4.69, 9.17) is 23.7 Å². The fourth-order valence-corrected chi connectivity index (χ4v) is 5.36. The van der Waals surface area contributed by atoms with Crippen LogP contribution in [0.3, 0.4) is 0 Å². The van der Waals surface area contributed by atoms with Gasteiger partial charge in [-0.05, 0) is 54.8 Å². The van der Waals surface area contributed by atoms with Crippen LogP contribution in [0.1, 0.15) is 18.1 Å². The number of hydrogen-bond acceptors (Lipinski definition) is 18. The first-order valence-electron chi connectivity index (χ1n) is 14.4. The van der Waals surface area contributed by atoms with Gasteiger partial charge in [-0.15, -0.1) is 0 Å². The Kier molecular flexibility index (Phi) is 14.6. The third-order valence-electron chi connectivity index (χ3n) is 7.46. The van der Waals surface area contributed by atoms with Crippen molar-refractivity contribution in [2.45, 2.75) is 74.8 Å². The molecule has 2 heterocycles. The number of carbonyl (C=O) groups excluding carboxylic acids is 1. The number of rotatable bonds is 12. The molecule has 266 valence electrons. The Morgan fingerprint density at radius 2 is 1.47 bits per heavy atom. The molecule has 2 fully saturated rings. The number of phenols is 4. The smallest absolute Gasteiger partial charge is 0.726 e. The number of aliphatic hydroxyl groups is 4. The van der Waals surface area contributed by atoms with E-state index in [1.807, 2.05) is 0 Å². The van der Waals surface area contributed by atoms with Crippen molar-refractivity contribution in [2.24, 2.45) is 0 Å². The Labute approximate surface area is 301 Å². The van der Waals surface area contributed by atoms with Gasteiger partial charge in [-0.3, -0.25) is 4.18 Å². The van der Waals surface area contributed by atoms with Crippen LogP contribution in [-0.2, 0) is 49.5 Å². The number of aromatic hydroxyl groups is 4. The summed E-state index contributed by atoms with van der Waals surface area (Å²) in [6, 6.07) is 7.73. The molecule has 8 N–H and O–H groups in total. The van der Waals surface area contributed by atoms with Gasteiger partial charge in [0.1, 0.15) is 30.5 Å². The van der Waals surface area contributed by atoms with Gasteiger partial charge < -0.3 is 69.1 Å². The number of ether oxygens (including phenoxy) is 5. The second kappa shape index (κ2) is 17.6. The zero-order valence-corrected chi connectivity index (χ0v) is 28.9. The second-order valence-electron chi connectivity index (χ2n) is 10.9. The van der Waals surface area contributed by atoms with Crippen LogP contribution in [-0.4, -0.2) is 134 Å². The minimum Gasteiger partial charge on any atom is -0.726 e. The van der Waals surface area contributed by atoms with E-state index in [1.54, 1.807) is 0 Å². The molecule has 4 rings (SSSR count). The fourth-order valence-electron chi connectivity index (χ4n) is 4.89. The third kappa shape index (κ3) is 10.9. The summed E-state index contributed by atoms with van der Waals surface area (Å²) in [6.07, 6.45) is -14.8. The first kappa shape index (κ1) is 40.8. The number of aliphatic hydroxyl groups excluding tert-OH is 4. The van der Waals surface area contributed by atoms with E-state index < -0.39 is 95.9 Å². The van der Waals surface area contributed by atoms with Gasteiger partial charge in [0.15, 0.2) is 47.8 Å². The van der Waals surface area contributed by atoms with Crippen LogP contribution in [0, 0.1) is 0 Å². The van der Waals surface area contributed by atoms with Gasteiger partial charge in [-0.2, -0.15) is 0 Å². The molecule has 0 unspecified atom stereocenters. The van der Waals surface area contributed by atoms with Gasteiger partial charge in [0.05, 0.1) is 19.3 Å². The van der Waals surface area contributed by atoms with E-state index in [2.05, 4.69) is 4.18 Å². The van der Waals surface area contributed by atoms with Crippen LogP contribution in [0.4, 0.5) is 0 Å². The molecular formula is C29H35NaO18S. The molecule has 10 atom stereocenters. The molecule has 2 aromatic carbocycles. The summed E-state index contributed by atoms with van der Waals surface area (Å²) in [5, 5.41) is 80.6. The van der Waals surface area contributed by atoms with E-state index in [0.717, 1.165) is 12.1 Å². The molecule has 2 aliphatic heterocycles. The molecule has 0 aromatic heterocycles. The molecule has 0 saturated carbocycles. The molecule has 0 amide bonds. The van der Waals surface area contributed by atoms with Crippen molar-refractivity contribution < 1.29 is 116 Å². The molecule has 0 bridgehead atoms. The Hall–Kier alpha value is -2.60. The molecule has 2 aliphatic rings. The molecule has 0 radical (unpaired) electrons. The minimum absolute atomic E-state index is 0. The predicted octanol–water partition coefficient (Wildman–Crippen LogP) is -4.53. The zero-order chi connectivity index (χ0) is 35.3. The second-order valence-corrected chi connectivity index (χ2v) is 12.0. The van der Waals surface area contributed by atoms with Gasteiger partial charge >= 0.3 is 35.5 Å². The van der Waals surface area contributed by atoms with E-state index in [-0.39, 0.29) is 59.6 Å². The summed E-state index contributed by atoms with van der Waals surface area (Å²) in [6.45, 7) is 0.442. The molecule has 0 spiro atoms. The summed E-state index contributed by atoms with van der Waals surface area (Å²) >= 11 is 0. The van der Waals surface area contributed by atoms with Crippen LogP contribution in [0.15, 0.2) is 42.5 Å². The first-order valence-corrected chi connectivity index (χ1v) is 15.7. The van der Waals surface area contributed by atoms with Gasteiger partial charge in [-0.1, -0.05) is 12.1 Å². The normalized spacial score (nSPS) is 30.5. The third-order valence-corrected chi connectivity index (χ3v) is 7.91. The average molecular weight is 727 g/mol. The van der Waals surface area contributed by atoms with Crippen LogP contribution < -0.4 is 29.6 Å². The Bertz CT molecular complexity index is 1560. The van der Waals surface area contributed by atoms with Gasteiger partial charge in [-0.25, -0.2) is 13.2 Å². The van der Waals surface area contributed by atoms with Crippen molar-refractivity contribution in [1.29, 1.82) is 0 Å². The van der Waals surface area contributed by atoms with Crippen LogP contribution in [0.5, 0.6) is 23.0 Å². The van der Waals surface area contributed by atoms with Crippen molar-refractivity contribution in [2.75, 3.05) is 13.2 Å². The van der Waals surface area contributed by atoms with E-state index in [9.17, 15) is 58.6 Å². The van der Waals surface area contributed by atoms with E-state index >= 15 is 0 Å². The predicted molar refractivity (Wildman–Crippen MR) is 156 cm³/mol. The maximum absolute atomic E-state index is 12.7. The molecule has 2 saturated heterocycles. The number of phenolic OH excluding ortho intramolecular Hbond substituents is 4. The molecule has 20 heteroatoms. The van der Waals surface area contributed by atoms with Crippen molar-refractivity contribution in [1.82, 2.24) is 0 Å². The molecule has 2 aromatic rings. The fraction of sp³-hybridized carbons (Fsp3) is 0.483. The quantitative estimate of drug-likeness (QED) is 0.0255. The summed E-state index contributed by atoms with van der Waals surface area (Å²) in [5.41, 5.74) is 0.807. The number of carbonyl (C=O) groups is 1. The largest absolute Gasteiger partial charge is 1.00 e. The van der Waals surface area contributed by atoms with Gasteiger partial charge in [0, 0.05) is 6.08 Å². The Morgan fingerprint density at radius 1 is 0.837 bits per heavy atom. The maximum Gasteiger partial charge on any atom is 1.00 e. The Balaban J connectivity index is 0.00000650. The monoisotopic (exact) mass is 726 g/mol. The topological polar surface area (TPSA) is 291 Å². The summed E-state index contributed by atoms with van der Waals surface area (Å²) < 4.78 is 66.0. The van der Waals surface area contributed by atoms with E-state index in [1.165, 1.54) is 43.3 Å². The maximum atomic E-state index is 12.7. The van der Waals surface area contributed by atoms with Crippen molar-refractivity contribution in [3.8, 4) is 23.0 Å². The van der Waals surface area contributed by atoms with Crippen molar-refractivity contribution in [3.05, 3.63) is 53.6 Å². The van der Waals surface area contributed by atoms with Crippen molar-refractivity contribution >= 4 is 22.4 Å². The summed E-state index contributed by atoms with van der Waals surface area (Å²) in [7, 11) is -5.44. The standard InChI is InChI=1S/C29H36O18S.Na/c1-13-22(35)23(36)27(47-48(39,40)41)29(44-13)43-12-20-26(46-21(34)7-4-14-2-5-16(30)18(32)10-14)24(37)25(38)28(45-20)42-9-8-15-3-6-17(31)19(33)11-15;/h2-7,10-11,13,20,22-33,35-38H,8-9,12H2,1H3,(H,39,40,41);/q;+1/p-1/b7-4+;/t13-,20+,22-,23+,24+,25+,26+,27+,28+,29+;/m0./s1. The number of esters is 1. The first-order chi connectivity index (χ1) is 22.5. The molecule has 0 aliphatic carbocycles. The molecule has 49 heavy (non-hydrogen) atoms. The van der Waals surface area contributed by atoms with Crippen molar-refractivity contribution in [3.63, 3.8) is 0 Å². The zero-order valence-electron chi connectivity index (χ0n) is 26.1. The number of benzene rings is 2. The molecular weight excluding hydrogens is 691 g/mol. The summed E-state index contributed by atoms with van der Waals surface area (Å²) in [5.74, 6) is -2.64. The summed E-state index contributed by atoms with van der Waals surface area (Å²) in [4.78, 5) is 12.7. The molecule has 18 nitrogen and oxygen atoms in total. The SMILES string of the molecule is C[C@@H]1O[C@@H](OC[C@H]2O[C@@H](OCCc3ccc(O)c(O)c3)[C@H](O)[C@@H](O)[C@@H]2OC(=O)/C=C/c2ccc(O)c(O)c2)[C@H](OS(=O)(=O)[O-])[C@H](O)[C@H]1O.[Na+]. The van der Waals surface area contributed by atoms with Gasteiger partial charge in [0.2, 0.25) is 10.4 Å². The number of hydrogen-bond donors (Lipinski definition) is 8. The Morgan fingerprint density at radius 3 is 2.10 bits per heavy atom. The van der Waals surface area contributed by atoms with Crippen LogP contribution in [0.2, 0.25) is 0 Å². The van der Waals surface area contributed by atoms with Crippen LogP contribution >= 0.6 is 0 Å². The minimum atomic E-state index is -5.44. The van der Waals surface area contributed by atoms with Crippen LogP contribution in [0.25, 0.3) is 6.08 Å². The average Bonchev–Trinajstić information content (AvgIpc) is 3.02.